The molecule has 0 aliphatic carbocycles. The predicted molar refractivity (Wildman–Crippen MR) is 54.9 cm³/mol. The van der Waals surface area contributed by atoms with E-state index < -0.39 is 5.54 Å². The number of hydrogen-bond acceptors (Lipinski definition) is 3. The van der Waals surface area contributed by atoms with E-state index in [9.17, 15) is 4.79 Å². The van der Waals surface area contributed by atoms with Crippen LogP contribution in [0.2, 0.25) is 0 Å². The molecule has 70 valence electrons. The molecule has 1 rings (SSSR count). The molecule has 0 unspecified atom stereocenters. The Balaban J connectivity index is 3.20. The first-order valence-corrected chi connectivity index (χ1v) is 4.95. The molecule has 2 nitrogen and oxygen atoms in total. The van der Waals surface area contributed by atoms with Gasteiger partial charge < -0.3 is 0 Å². The SMILES string of the molecule is Cc1cc(C(C)(C)N=C=O)c(C)s1. The van der Waals surface area contributed by atoms with Gasteiger partial charge in [0, 0.05) is 9.75 Å². The van der Waals surface area contributed by atoms with E-state index in [2.05, 4.69) is 24.9 Å². The monoisotopic (exact) mass is 195 g/mol. The van der Waals surface area contributed by atoms with Crippen LogP contribution in [0.5, 0.6) is 0 Å². The maximum absolute atomic E-state index is 10.2. The molecule has 0 amide bonds. The Morgan fingerprint density at radius 3 is 2.46 bits per heavy atom. The van der Waals surface area contributed by atoms with Crippen LogP contribution >= 0.6 is 11.3 Å². The number of aliphatic imine (C=N–C) groups is 1. The first-order valence-electron chi connectivity index (χ1n) is 4.14. The highest BCUT2D eigenvalue weighted by Crippen LogP contribution is 2.32. The molecule has 0 aromatic carbocycles. The summed E-state index contributed by atoms with van der Waals surface area (Å²) in [5.41, 5.74) is 0.690. The molecule has 0 fully saturated rings. The number of isocyanates is 1. The summed E-state index contributed by atoms with van der Waals surface area (Å²) in [7, 11) is 0. The van der Waals surface area contributed by atoms with E-state index in [0.717, 1.165) is 5.56 Å². The van der Waals surface area contributed by atoms with Gasteiger partial charge in [0.1, 0.15) is 0 Å². The van der Waals surface area contributed by atoms with E-state index in [4.69, 9.17) is 0 Å². The van der Waals surface area contributed by atoms with E-state index in [-0.39, 0.29) is 0 Å². The number of nitrogens with zero attached hydrogens (tertiary/aromatic N) is 1. The third kappa shape index (κ3) is 2.06. The molecular formula is C10H13NOS. The number of thiophene rings is 1. The van der Waals surface area contributed by atoms with Crippen LogP contribution in [-0.2, 0) is 10.3 Å². The van der Waals surface area contributed by atoms with Gasteiger partial charge in [-0.2, -0.15) is 4.99 Å². The molecule has 3 heteroatoms. The van der Waals surface area contributed by atoms with Crippen LogP contribution in [0, 0.1) is 13.8 Å². The zero-order valence-corrected chi connectivity index (χ0v) is 9.16. The summed E-state index contributed by atoms with van der Waals surface area (Å²) in [6.07, 6.45) is 1.62. The molecule has 0 bridgehead atoms. The maximum Gasteiger partial charge on any atom is 0.235 e. The maximum atomic E-state index is 10.2. The van der Waals surface area contributed by atoms with Gasteiger partial charge in [0.15, 0.2) is 0 Å². The average molecular weight is 195 g/mol. The molecule has 0 radical (unpaired) electrons. The summed E-state index contributed by atoms with van der Waals surface area (Å²) in [5.74, 6) is 0. The first kappa shape index (κ1) is 10.2. The zero-order valence-electron chi connectivity index (χ0n) is 8.34. The van der Waals surface area contributed by atoms with Crippen molar-refractivity contribution in [3.05, 3.63) is 21.4 Å². The average Bonchev–Trinajstić information content (AvgIpc) is 2.30. The van der Waals surface area contributed by atoms with Gasteiger partial charge in [-0.25, -0.2) is 4.79 Å². The second-order valence-electron chi connectivity index (χ2n) is 3.59. The summed E-state index contributed by atoms with van der Waals surface area (Å²) in [6, 6.07) is 2.08. The highest BCUT2D eigenvalue weighted by Gasteiger charge is 2.22. The van der Waals surface area contributed by atoms with Crippen molar-refractivity contribution in [1.29, 1.82) is 0 Å². The van der Waals surface area contributed by atoms with Crippen molar-refractivity contribution in [2.45, 2.75) is 33.2 Å². The Labute approximate surface area is 82.3 Å². The van der Waals surface area contributed by atoms with Crippen molar-refractivity contribution in [2.24, 2.45) is 4.99 Å². The largest absolute Gasteiger partial charge is 0.235 e. The molecule has 1 heterocycles. The van der Waals surface area contributed by atoms with Crippen molar-refractivity contribution in [3.63, 3.8) is 0 Å². The second kappa shape index (κ2) is 3.44. The first-order chi connectivity index (χ1) is 5.97. The topological polar surface area (TPSA) is 29.4 Å². The molecule has 13 heavy (non-hydrogen) atoms. The van der Waals surface area contributed by atoms with Crippen molar-refractivity contribution in [2.75, 3.05) is 0 Å². The number of hydrogen-bond donors (Lipinski definition) is 0. The summed E-state index contributed by atoms with van der Waals surface area (Å²) in [5, 5.41) is 0. The second-order valence-corrected chi connectivity index (χ2v) is 5.05. The Bertz CT molecular complexity index is 359. The van der Waals surface area contributed by atoms with Gasteiger partial charge in [0.2, 0.25) is 6.08 Å². The Morgan fingerprint density at radius 2 is 2.08 bits per heavy atom. The standard InChI is InChI=1S/C10H13NOS/c1-7-5-9(8(2)13-7)10(3,4)11-6-12/h5H,1-4H3. The Hall–Kier alpha value is -0.920. The molecule has 0 N–H and O–H groups in total. The van der Waals surface area contributed by atoms with Gasteiger partial charge in [-0.3, -0.25) is 0 Å². The molecule has 0 aliphatic rings. The highest BCUT2D eigenvalue weighted by molar-refractivity contribution is 7.12. The van der Waals surface area contributed by atoms with Gasteiger partial charge in [0.25, 0.3) is 0 Å². The third-order valence-corrected chi connectivity index (χ3v) is 2.99. The van der Waals surface area contributed by atoms with E-state index in [1.807, 2.05) is 13.8 Å². The van der Waals surface area contributed by atoms with Gasteiger partial charge in [-0.1, -0.05) is 0 Å². The quantitative estimate of drug-likeness (QED) is 0.527. The zero-order chi connectivity index (χ0) is 10.1. The van der Waals surface area contributed by atoms with Crippen molar-refractivity contribution in [1.82, 2.24) is 0 Å². The van der Waals surface area contributed by atoms with Crippen molar-refractivity contribution >= 4 is 17.4 Å². The van der Waals surface area contributed by atoms with Gasteiger partial charge in [0.05, 0.1) is 5.54 Å². The van der Waals surface area contributed by atoms with Crippen LogP contribution in [0.15, 0.2) is 11.1 Å². The van der Waals surface area contributed by atoms with E-state index in [1.54, 1.807) is 17.4 Å². The minimum Gasteiger partial charge on any atom is -0.211 e. The van der Waals surface area contributed by atoms with Crippen LogP contribution < -0.4 is 0 Å². The van der Waals surface area contributed by atoms with Crippen LogP contribution in [0.25, 0.3) is 0 Å². The van der Waals surface area contributed by atoms with Crippen molar-refractivity contribution < 1.29 is 4.79 Å². The fraction of sp³-hybridized carbons (Fsp3) is 0.500. The molecule has 0 spiro atoms. The Morgan fingerprint density at radius 1 is 1.46 bits per heavy atom. The molecule has 0 saturated carbocycles. The summed E-state index contributed by atoms with van der Waals surface area (Å²) >= 11 is 1.73. The third-order valence-electron chi connectivity index (χ3n) is 2.03. The fourth-order valence-corrected chi connectivity index (χ4v) is 2.49. The lowest BCUT2D eigenvalue weighted by atomic mass is 9.96. The van der Waals surface area contributed by atoms with Gasteiger partial charge in [-0.15, -0.1) is 11.3 Å². The van der Waals surface area contributed by atoms with Crippen LogP contribution in [0.4, 0.5) is 0 Å². The van der Waals surface area contributed by atoms with Crippen molar-refractivity contribution in [3.8, 4) is 0 Å². The van der Waals surface area contributed by atoms with Crippen LogP contribution in [0.3, 0.4) is 0 Å². The van der Waals surface area contributed by atoms with E-state index >= 15 is 0 Å². The minimum absolute atomic E-state index is 0.434. The lowest BCUT2D eigenvalue weighted by Gasteiger charge is -2.16. The number of carbonyl (C=O) groups excluding carboxylic acids is 1. The van der Waals surface area contributed by atoms with Crippen LogP contribution in [-0.4, -0.2) is 6.08 Å². The molecule has 1 aromatic rings. The van der Waals surface area contributed by atoms with Crippen LogP contribution in [0.1, 0.15) is 29.2 Å². The highest BCUT2D eigenvalue weighted by atomic mass is 32.1. The predicted octanol–water partition coefficient (Wildman–Crippen LogP) is 2.94. The smallest absolute Gasteiger partial charge is 0.211 e. The normalized spacial score (nSPS) is 11.1. The van der Waals surface area contributed by atoms with Gasteiger partial charge in [-0.05, 0) is 39.3 Å². The van der Waals surface area contributed by atoms with E-state index in [1.165, 1.54) is 9.75 Å². The van der Waals surface area contributed by atoms with Gasteiger partial charge >= 0.3 is 0 Å². The number of aryl methyl sites for hydroxylation is 2. The summed E-state index contributed by atoms with van der Waals surface area (Å²) in [6.45, 7) is 7.95. The summed E-state index contributed by atoms with van der Waals surface area (Å²) in [4.78, 5) is 16.5. The molecule has 0 atom stereocenters. The Kier molecular flexibility index (Phi) is 2.69. The lowest BCUT2D eigenvalue weighted by Crippen LogP contribution is -2.13. The minimum atomic E-state index is -0.434. The van der Waals surface area contributed by atoms with E-state index in [0.29, 0.717) is 0 Å². The fourth-order valence-electron chi connectivity index (χ4n) is 1.41. The lowest BCUT2D eigenvalue weighted by molar-refractivity contribution is 0.522. The molecule has 1 aromatic heterocycles. The molecule has 0 aliphatic heterocycles. The molecular weight excluding hydrogens is 182 g/mol. The molecule has 0 saturated heterocycles. The summed E-state index contributed by atoms with van der Waals surface area (Å²) < 4.78 is 0. The number of rotatable bonds is 2.